The summed E-state index contributed by atoms with van der Waals surface area (Å²) in [6, 6.07) is 9.79. The van der Waals surface area contributed by atoms with E-state index >= 15 is 0 Å². The Balaban J connectivity index is 1.32. The molecule has 1 aliphatic carbocycles. The van der Waals surface area contributed by atoms with Gasteiger partial charge < -0.3 is 25.1 Å². The van der Waals surface area contributed by atoms with Crippen molar-refractivity contribution in [2.45, 2.75) is 38.0 Å². The summed E-state index contributed by atoms with van der Waals surface area (Å²) in [4.78, 5) is 36.5. The second kappa shape index (κ2) is 8.09. The zero-order valence-electron chi connectivity index (χ0n) is 17.1. The molecule has 1 aliphatic heterocycles. The number of H-pyrrole nitrogens is 1. The summed E-state index contributed by atoms with van der Waals surface area (Å²) in [5.41, 5.74) is 2.70. The predicted octanol–water partition coefficient (Wildman–Crippen LogP) is 1.73. The number of carbonyl (C=O) groups excluding carboxylic acids is 1. The van der Waals surface area contributed by atoms with Crippen molar-refractivity contribution in [3.8, 4) is 11.1 Å². The van der Waals surface area contributed by atoms with Crippen molar-refractivity contribution < 1.29 is 14.3 Å². The Kier molecular flexibility index (Phi) is 5.13. The third-order valence-electron chi connectivity index (χ3n) is 5.54. The quantitative estimate of drug-likeness (QED) is 0.555. The van der Waals surface area contributed by atoms with Crippen LogP contribution in [0.25, 0.3) is 22.2 Å². The predicted molar refractivity (Wildman–Crippen MR) is 115 cm³/mol. The summed E-state index contributed by atoms with van der Waals surface area (Å²) in [6.07, 6.45) is 2.57. The number of aromatic amines is 1. The van der Waals surface area contributed by atoms with E-state index in [1.165, 1.54) is 0 Å². The summed E-state index contributed by atoms with van der Waals surface area (Å²) in [7, 11) is 0. The van der Waals surface area contributed by atoms with E-state index in [9.17, 15) is 9.59 Å². The van der Waals surface area contributed by atoms with Gasteiger partial charge in [0.25, 0.3) is 11.5 Å². The number of nitrogens with one attached hydrogen (secondary N) is 3. The molecule has 1 aromatic carbocycles. The second-order valence-corrected chi connectivity index (χ2v) is 7.90. The van der Waals surface area contributed by atoms with Crippen LogP contribution in [0.15, 0.2) is 41.3 Å². The number of amides is 1. The number of fused-ring (bicyclic) bond motifs is 1. The van der Waals surface area contributed by atoms with Crippen LogP contribution in [-0.4, -0.2) is 52.4 Å². The van der Waals surface area contributed by atoms with Crippen molar-refractivity contribution in [1.29, 1.82) is 0 Å². The SMILES string of the molecule is Cc1ccccc1-c1cc2cnc(NC[C@@H]3OCO[C@H]3C(=O)NC3CC3)nc2[nH]c1=O. The van der Waals surface area contributed by atoms with Crippen LogP contribution >= 0.6 is 0 Å². The first-order valence-corrected chi connectivity index (χ1v) is 10.3. The second-order valence-electron chi connectivity index (χ2n) is 7.90. The molecule has 2 aromatic heterocycles. The molecule has 2 atom stereocenters. The van der Waals surface area contributed by atoms with Crippen LogP contribution in [0.1, 0.15) is 18.4 Å². The molecule has 3 N–H and O–H groups in total. The van der Waals surface area contributed by atoms with Crippen LogP contribution in [0.4, 0.5) is 5.95 Å². The number of benzene rings is 1. The minimum absolute atomic E-state index is 0.0721. The minimum atomic E-state index is -0.662. The average molecular weight is 421 g/mol. The largest absolute Gasteiger partial charge is 0.351 e. The number of ether oxygens (including phenoxy) is 2. The fourth-order valence-electron chi connectivity index (χ4n) is 3.66. The topological polar surface area (TPSA) is 118 Å². The molecule has 2 fully saturated rings. The third kappa shape index (κ3) is 4.14. The van der Waals surface area contributed by atoms with Gasteiger partial charge in [0, 0.05) is 29.7 Å². The molecule has 9 heteroatoms. The Hall–Kier alpha value is -3.30. The molecule has 0 spiro atoms. The van der Waals surface area contributed by atoms with Gasteiger partial charge in [0.1, 0.15) is 18.5 Å². The first kappa shape index (κ1) is 19.7. The monoisotopic (exact) mass is 421 g/mol. The van der Waals surface area contributed by atoms with Crippen molar-refractivity contribution in [3.05, 3.63) is 52.4 Å². The van der Waals surface area contributed by atoms with Gasteiger partial charge >= 0.3 is 0 Å². The van der Waals surface area contributed by atoms with Crippen molar-refractivity contribution >= 4 is 22.9 Å². The molecular formula is C22H23N5O4. The number of anilines is 1. The van der Waals surface area contributed by atoms with Crippen molar-refractivity contribution in [3.63, 3.8) is 0 Å². The fraction of sp³-hybridized carbons (Fsp3) is 0.364. The molecule has 0 bridgehead atoms. The van der Waals surface area contributed by atoms with Gasteiger partial charge in [-0.15, -0.1) is 0 Å². The highest BCUT2D eigenvalue weighted by Crippen LogP contribution is 2.23. The maximum absolute atomic E-state index is 12.7. The van der Waals surface area contributed by atoms with E-state index in [4.69, 9.17) is 9.47 Å². The number of rotatable bonds is 6. The standard InChI is InChI=1S/C22H23N5O4/c1-12-4-2-3-5-15(12)16-8-13-9-23-22(27-19(13)26-20(16)28)24-10-17-18(31-11-30-17)21(29)25-14-6-7-14/h2-5,8-9,14,17-18H,6-7,10-11H2,1H3,(H,25,29)(H2,23,24,26,27,28)/t17-,18+/m0/s1. The Bertz CT molecular complexity index is 1190. The molecule has 0 radical (unpaired) electrons. The lowest BCUT2D eigenvalue weighted by molar-refractivity contribution is -0.130. The summed E-state index contributed by atoms with van der Waals surface area (Å²) in [5, 5.41) is 6.74. The molecule has 1 amide bonds. The molecule has 3 heterocycles. The number of hydrogen-bond acceptors (Lipinski definition) is 7. The first-order chi connectivity index (χ1) is 15.1. The Morgan fingerprint density at radius 2 is 2.06 bits per heavy atom. The van der Waals surface area contributed by atoms with Crippen LogP contribution < -0.4 is 16.2 Å². The van der Waals surface area contributed by atoms with Crippen molar-refractivity contribution in [2.24, 2.45) is 0 Å². The van der Waals surface area contributed by atoms with Crippen molar-refractivity contribution in [2.75, 3.05) is 18.7 Å². The third-order valence-corrected chi connectivity index (χ3v) is 5.54. The van der Waals surface area contributed by atoms with Gasteiger partial charge in [0.15, 0.2) is 6.10 Å². The molecule has 1 saturated heterocycles. The minimum Gasteiger partial charge on any atom is -0.351 e. The van der Waals surface area contributed by atoms with Gasteiger partial charge in [0.2, 0.25) is 5.95 Å². The number of aromatic nitrogens is 3. The lowest BCUT2D eigenvalue weighted by Crippen LogP contribution is -2.44. The van der Waals surface area contributed by atoms with Crippen LogP contribution in [0, 0.1) is 6.92 Å². The Morgan fingerprint density at radius 3 is 2.87 bits per heavy atom. The number of carbonyl (C=O) groups is 1. The normalized spacial score (nSPS) is 20.7. The summed E-state index contributed by atoms with van der Waals surface area (Å²) >= 11 is 0. The number of pyridine rings is 1. The van der Waals surface area contributed by atoms with E-state index in [-0.39, 0.29) is 24.3 Å². The van der Waals surface area contributed by atoms with Crippen molar-refractivity contribution in [1.82, 2.24) is 20.3 Å². The van der Waals surface area contributed by atoms with Crippen LogP contribution in [0.2, 0.25) is 0 Å². The molecule has 160 valence electrons. The molecule has 5 rings (SSSR count). The molecule has 1 saturated carbocycles. The van der Waals surface area contributed by atoms with Crippen LogP contribution in [0.5, 0.6) is 0 Å². The Morgan fingerprint density at radius 1 is 1.23 bits per heavy atom. The maximum Gasteiger partial charge on any atom is 0.257 e. The van der Waals surface area contributed by atoms with Gasteiger partial charge in [-0.05, 0) is 37.0 Å². The molecule has 9 nitrogen and oxygen atoms in total. The summed E-state index contributed by atoms with van der Waals surface area (Å²) in [5.74, 6) is 0.183. The number of aryl methyl sites for hydroxylation is 1. The average Bonchev–Trinajstić information content (AvgIpc) is 3.45. The van der Waals surface area contributed by atoms with Gasteiger partial charge in [0.05, 0.1) is 0 Å². The molecular weight excluding hydrogens is 398 g/mol. The molecule has 0 unspecified atom stereocenters. The first-order valence-electron chi connectivity index (χ1n) is 10.3. The highest BCUT2D eigenvalue weighted by Gasteiger charge is 2.37. The van der Waals surface area contributed by atoms with E-state index in [2.05, 4.69) is 25.6 Å². The number of nitrogens with zero attached hydrogens (tertiary/aromatic N) is 2. The number of hydrogen-bond donors (Lipinski definition) is 3. The Labute approximate surface area is 178 Å². The highest BCUT2D eigenvalue weighted by atomic mass is 16.7. The molecule has 3 aromatic rings. The van der Waals surface area contributed by atoms with Crippen LogP contribution in [0.3, 0.4) is 0 Å². The summed E-state index contributed by atoms with van der Waals surface area (Å²) < 4.78 is 11.0. The maximum atomic E-state index is 12.7. The molecule has 31 heavy (non-hydrogen) atoms. The van der Waals surface area contributed by atoms with E-state index in [1.807, 2.05) is 31.2 Å². The smallest absolute Gasteiger partial charge is 0.257 e. The van der Waals surface area contributed by atoms with Crippen LogP contribution in [-0.2, 0) is 14.3 Å². The van der Waals surface area contributed by atoms with E-state index in [0.29, 0.717) is 23.7 Å². The van der Waals surface area contributed by atoms with Gasteiger partial charge in [-0.25, -0.2) is 4.98 Å². The summed E-state index contributed by atoms with van der Waals surface area (Å²) in [6.45, 7) is 2.35. The fourth-order valence-corrected chi connectivity index (χ4v) is 3.66. The van der Waals surface area contributed by atoms with E-state index < -0.39 is 12.2 Å². The van der Waals surface area contributed by atoms with E-state index in [0.717, 1.165) is 29.4 Å². The van der Waals surface area contributed by atoms with Gasteiger partial charge in [-0.3, -0.25) is 9.59 Å². The van der Waals surface area contributed by atoms with Gasteiger partial charge in [-0.2, -0.15) is 4.98 Å². The lowest BCUT2D eigenvalue weighted by Gasteiger charge is -2.17. The van der Waals surface area contributed by atoms with E-state index in [1.54, 1.807) is 12.3 Å². The zero-order valence-corrected chi connectivity index (χ0v) is 17.1. The highest BCUT2D eigenvalue weighted by molar-refractivity contribution is 5.83. The molecule has 2 aliphatic rings. The zero-order chi connectivity index (χ0) is 21.4. The van der Waals surface area contributed by atoms with Gasteiger partial charge in [-0.1, -0.05) is 24.3 Å². The lowest BCUT2D eigenvalue weighted by atomic mass is 10.0.